The third-order valence-electron chi connectivity index (χ3n) is 3.53. The maximum Gasteiger partial charge on any atom is 0.0758 e. The lowest BCUT2D eigenvalue weighted by Gasteiger charge is -2.14. The summed E-state index contributed by atoms with van der Waals surface area (Å²) in [5.74, 6) is 0. The van der Waals surface area contributed by atoms with Crippen molar-refractivity contribution in [3.8, 4) is 0 Å². The molecule has 1 atom stereocenters. The van der Waals surface area contributed by atoms with Crippen LogP contribution in [-0.4, -0.2) is 11.0 Å². The van der Waals surface area contributed by atoms with E-state index in [0.717, 1.165) is 23.0 Å². The molecule has 0 spiro atoms. The predicted molar refractivity (Wildman–Crippen MR) is 93.8 cm³/mol. The largest absolute Gasteiger partial charge is 0.310 e. The third kappa shape index (κ3) is 3.51. The van der Waals surface area contributed by atoms with Crippen molar-refractivity contribution in [3.63, 3.8) is 0 Å². The normalized spacial score (nSPS) is 12.7. The Labute approximate surface area is 137 Å². The van der Waals surface area contributed by atoms with Gasteiger partial charge in [-0.15, -0.1) is 11.3 Å². The highest BCUT2D eigenvalue weighted by atomic mass is 79.9. The van der Waals surface area contributed by atoms with Crippen molar-refractivity contribution in [1.29, 1.82) is 0 Å². The van der Waals surface area contributed by atoms with Gasteiger partial charge in [-0.05, 0) is 42.5 Å². The van der Waals surface area contributed by atoms with Crippen molar-refractivity contribution >= 4 is 38.2 Å². The molecular weight excluding hydrogens is 344 g/mol. The highest BCUT2D eigenvalue weighted by Gasteiger charge is 2.08. The fraction of sp³-hybridized carbons (Fsp3) is 0.235. The van der Waals surface area contributed by atoms with Crippen LogP contribution in [0.25, 0.3) is 10.9 Å². The topological polar surface area (TPSA) is 24.9 Å². The Bertz CT molecular complexity index is 725. The molecule has 4 heteroatoms. The molecule has 21 heavy (non-hydrogen) atoms. The molecule has 1 aromatic carbocycles. The Morgan fingerprint density at radius 2 is 2.14 bits per heavy atom. The van der Waals surface area contributed by atoms with Crippen LogP contribution >= 0.6 is 27.3 Å². The lowest BCUT2D eigenvalue weighted by atomic mass is 10.1. The van der Waals surface area contributed by atoms with Gasteiger partial charge >= 0.3 is 0 Å². The van der Waals surface area contributed by atoms with Gasteiger partial charge in [-0.3, -0.25) is 4.98 Å². The number of thiophene rings is 1. The van der Waals surface area contributed by atoms with Gasteiger partial charge in [0.25, 0.3) is 0 Å². The molecule has 0 aliphatic carbocycles. The van der Waals surface area contributed by atoms with E-state index in [2.05, 4.69) is 68.9 Å². The van der Waals surface area contributed by atoms with Gasteiger partial charge in [-0.25, -0.2) is 0 Å². The minimum absolute atomic E-state index is 0.450. The Balaban J connectivity index is 1.72. The molecule has 3 aromatic rings. The number of nitrogens with zero attached hydrogens (tertiary/aromatic N) is 1. The van der Waals surface area contributed by atoms with Gasteiger partial charge in [0.15, 0.2) is 0 Å². The molecule has 0 bridgehead atoms. The zero-order valence-corrected chi connectivity index (χ0v) is 14.2. The summed E-state index contributed by atoms with van der Waals surface area (Å²) in [6, 6.07) is 13.1. The molecule has 0 saturated heterocycles. The Hall–Kier alpha value is -1.23. The minimum atomic E-state index is 0.450. The highest BCUT2D eigenvalue weighted by Crippen LogP contribution is 2.25. The first-order chi connectivity index (χ1) is 10.2. The van der Waals surface area contributed by atoms with E-state index >= 15 is 0 Å². The molecule has 0 aliphatic heterocycles. The highest BCUT2D eigenvalue weighted by molar-refractivity contribution is 9.10. The number of benzene rings is 1. The van der Waals surface area contributed by atoms with E-state index in [0.29, 0.717) is 6.04 Å². The Kier molecular flexibility index (Phi) is 4.68. The molecular formula is C17H17BrN2S. The maximum absolute atomic E-state index is 4.53. The molecule has 2 aromatic heterocycles. The van der Waals surface area contributed by atoms with E-state index in [1.54, 1.807) is 0 Å². The minimum Gasteiger partial charge on any atom is -0.310 e. The summed E-state index contributed by atoms with van der Waals surface area (Å²) in [5.41, 5.74) is 2.31. The number of rotatable bonds is 5. The number of hydrogen-bond acceptors (Lipinski definition) is 3. The van der Waals surface area contributed by atoms with Crippen LogP contribution in [0.1, 0.15) is 17.4 Å². The molecule has 0 radical (unpaired) electrons. The van der Waals surface area contributed by atoms with Crippen LogP contribution in [0, 0.1) is 0 Å². The number of halogens is 1. The van der Waals surface area contributed by atoms with E-state index in [1.165, 1.54) is 15.8 Å². The monoisotopic (exact) mass is 360 g/mol. The second-order valence-corrected chi connectivity index (χ2v) is 7.06. The molecule has 1 N–H and O–H groups in total. The quantitative estimate of drug-likeness (QED) is 0.708. The van der Waals surface area contributed by atoms with Crippen molar-refractivity contribution in [1.82, 2.24) is 10.3 Å². The van der Waals surface area contributed by atoms with Crippen LogP contribution in [0.5, 0.6) is 0 Å². The smallest absolute Gasteiger partial charge is 0.0758 e. The van der Waals surface area contributed by atoms with Crippen molar-refractivity contribution in [2.45, 2.75) is 25.9 Å². The molecule has 3 rings (SSSR count). The van der Waals surface area contributed by atoms with Crippen LogP contribution in [0.2, 0.25) is 0 Å². The van der Waals surface area contributed by atoms with E-state index in [9.17, 15) is 0 Å². The molecule has 0 aliphatic rings. The van der Waals surface area contributed by atoms with Crippen molar-refractivity contribution < 1.29 is 0 Å². The molecule has 2 heterocycles. The van der Waals surface area contributed by atoms with Gasteiger partial charge in [-0.2, -0.15) is 0 Å². The lowest BCUT2D eigenvalue weighted by molar-refractivity contribution is 0.550. The van der Waals surface area contributed by atoms with Crippen LogP contribution < -0.4 is 5.32 Å². The maximum atomic E-state index is 4.53. The second kappa shape index (κ2) is 6.69. The summed E-state index contributed by atoms with van der Waals surface area (Å²) in [5, 5.41) is 6.90. The van der Waals surface area contributed by atoms with E-state index < -0.39 is 0 Å². The van der Waals surface area contributed by atoms with Crippen molar-refractivity contribution in [3.05, 3.63) is 62.9 Å². The van der Waals surface area contributed by atoms with E-state index in [1.807, 2.05) is 23.6 Å². The summed E-state index contributed by atoms with van der Waals surface area (Å²) >= 11 is 5.41. The summed E-state index contributed by atoms with van der Waals surface area (Å²) in [6.45, 7) is 3.07. The van der Waals surface area contributed by atoms with Gasteiger partial charge in [0.05, 0.1) is 5.52 Å². The molecule has 0 saturated carbocycles. The van der Waals surface area contributed by atoms with Gasteiger partial charge in [0.2, 0.25) is 0 Å². The third-order valence-corrected chi connectivity index (χ3v) is 5.12. The number of nitrogens with one attached hydrogen (secondary N) is 1. The van der Waals surface area contributed by atoms with Gasteiger partial charge in [0, 0.05) is 33.5 Å². The zero-order valence-electron chi connectivity index (χ0n) is 11.8. The first-order valence-electron chi connectivity index (χ1n) is 7.02. The number of fused-ring (bicyclic) bond motifs is 1. The zero-order chi connectivity index (χ0) is 14.7. The van der Waals surface area contributed by atoms with Gasteiger partial charge < -0.3 is 5.32 Å². The summed E-state index contributed by atoms with van der Waals surface area (Å²) in [7, 11) is 0. The summed E-state index contributed by atoms with van der Waals surface area (Å²) in [4.78, 5) is 5.95. The Morgan fingerprint density at radius 3 is 2.95 bits per heavy atom. The van der Waals surface area contributed by atoms with Crippen LogP contribution in [0.4, 0.5) is 0 Å². The van der Waals surface area contributed by atoms with Gasteiger partial charge in [0.1, 0.15) is 0 Å². The molecule has 0 fully saturated rings. The molecule has 1 unspecified atom stereocenters. The second-order valence-electron chi connectivity index (χ2n) is 5.17. The SMILES string of the molecule is CC(Cc1cccs1)NCc1ccc(Br)c2cccnc12. The number of hydrogen-bond donors (Lipinski definition) is 1. The van der Waals surface area contributed by atoms with Crippen LogP contribution in [0.15, 0.2) is 52.4 Å². The summed E-state index contributed by atoms with van der Waals surface area (Å²) in [6.07, 6.45) is 2.92. The van der Waals surface area contributed by atoms with Crippen LogP contribution in [0.3, 0.4) is 0 Å². The molecule has 2 nitrogen and oxygen atoms in total. The average molecular weight is 361 g/mol. The van der Waals surface area contributed by atoms with Crippen molar-refractivity contribution in [2.24, 2.45) is 0 Å². The van der Waals surface area contributed by atoms with Crippen LogP contribution in [-0.2, 0) is 13.0 Å². The first-order valence-corrected chi connectivity index (χ1v) is 8.69. The average Bonchev–Trinajstić information content (AvgIpc) is 3.00. The van der Waals surface area contributed by atoms with E-state index in [4.69, 9.17) is 0 Å². The van der Waals surface area contributed by atoms with Crippen molar-refractivity contribution in [2.75, 3.05) is 0 Å². The Morgan fingerprint density at radius 1 is 1.24 bits per heavy atom. The lowest BCUT2D eigenvalue weighted by Crippen LogP contribution is -2.27. The fourth-order valence-electron chi connectivity index (χ4n) is 2.43. The van der Waals surface area contributed by atoms with Gasteiger partial charge in [-0.1, -0.05) is 34.1 Å². The first kappa shape index (κ1) is 14.7. The molecule has 108 valence electrons. The number of pyridine rings is 1. The molecule has 0 amide bonds. The standard InChI is InChI=1S/C17H17BrN2S/c1-12(10-14-4-3-9-21-14)20-11-13-6-7-16(18)15-5-2-8-19-17(13)15/h2-9,12,20H,10-11H2,1H3. The predicted octanol–water partition coefficient (Wildman–Crippen LogP) is 4.78. The number of aromatic nitrogens is 1. The fourth-order valence-corrected chi connectivity index (χ4v) is 3.71. The summed E-state index contributed by atoms with van der Waals surface area (Å²) < 4.78 is 1.10. The van der Waals surface area contributed by atoms with E-state index in [-0.39, 0.29) is 0 Å².